The monoisotopic (exact) mass is 200 g/mol. The van der Waals surface area contributed by atoms with Crippen molar-refractivity contribution in [3.05, 3.63) is 0 Å². The molecule has 0 bridgehead atoms. The summed E-state index contributed by atoms with van der Waals surface area (Å²) in [5.41, 5.74) is 0. The lowest BCUT2D eigenvalue weighted by atomic mass is 10.1. The lowest BCUT2D eigenvalue weighted by Crippen LogP contribution is -2.51. The Morgan fingerprint density at radius 3 is 2.07 bits per heavy atom. The molecule has 1 fully saturated rings. The van der Waals surface area contributed by atoms with Gasteiger partial charge in [-0.25, -0.2) is 0 Å². The van der Waals surface area contributed by atoms with Crippen LogP contribution in [0.4, 0.5) is 0 Å². The molecule has 0 radical (unpaired) electrons. The number of piperazine rings is 1. The molecule has 0 aromatic rings. The van der Waals surface area contributed by atoms with E-state index in [0.29, 0.717) is 6.04 Å². The van der Waals surface area contributed by atoms with Gasteiger partial charge in [-0.1, -0.05) is 13.8 Å². The minimum absolute atomic E-state index is 0.282. The number of hydrogen-bond donors (Lipinski definition) is 1. The second-order valence-corrected chi connectivity index (χ2v) is 4.76. The van der Waals surface area contributed by atoms with Crippen LogP contribution in [0.2, 0.25) is 0 Å². The Kier molecular flexibility index (Phi) is 4.85. The van der Waals surface area contributed by atoms with Gasteiger partial charge in [0.1, 0.15) is 0 Å². The largest absolute Gasteiger partial charge is 0.395 e. The van der Waals surface area contributed by atoms with Crippen molar-refractivity contribution in [3.63, 3.8) is 0 Å². The van der Waals surface area contributed by atoms with Crippen molar-refractivity contribution in [3.8, 4) is 0 Å². The number of hydrogen-bond acceptors (Lipinski definition) is 3. The van der Waals surface area contributed by atoms with E-state index in [1.54, 1.807) is 0 Å². The van der Waals surface area contributed by atoms with Gasteiger partial charge in [-0.2, -0.15) is 0 Å². The second kappa shape index (κ2) is 5.69. The smallest absolute Gasteiger partial charge is 0.0584 e. The Hall–Kier alpha value is -0.120. The van der Waals surface area contributed by atoms with Crippen LogP contribution in [0, 0.1) is 5.92 Å². The molecule has 0 aromatic heterocycles. The molecule has 0 aliphatic carbocycles. The maximum absolute atomic E-state index is 9.04. The van der Waals surface area contributed by atoms with Gasteiger partial charge in [-0.05, 0) is 12.8 Å². The van der Waals surface area contributed by atoms with E-state index < -0.39 is 0 Å². The molecule has 3 heteroatoms. The highest BCUT2D eigenvalue weighted by Gasteiger charge is 2.20. The van der Waals surface area contributed by atoms with Crippen LogP contribution >= 0.6 is 0 Å². The van der Waals surface area contributed by atoms with E-state index in [1.807, 2.05) is 0 Å². The second-order valence-electron chi connectivity index (χ2n) is 4.76. The molecule has 1 rings (SSSR count). The zero-order chi connectivity index (χ0) is 10.6. The summed E-state index contributed by atoms with van der Waals surface area (Å²) in [6.07, 6.45) is 0. The van der Waals surface area contributed by atoms with Gasteiger partial charge in [0.05, 0.1) is 6.61 Å². The molecular formula is C11H24N2O. The third-order valence-corrected chi connectivity index (χ3v) is 2.92. The molecule has 1 aliphatic rings. The number of rotatable bonds is 4. The maximum atomic E-state index is 9.04. The fourth-order valence-electron chi connectivity index (χ4n) is 2.02. The van der Waals surface area contributed by atoms with Crippen LogP contribution in [0.15, 0.2) is 0 Å². The van der Waals surface area contributed by atoms with Crippen LogP contribution in [0.1, 0.15) is 20.8 Å². The van der Waals surface area contributed by atoms with Gasteiger partial charge in [0.25, 0.3) is 0 Å². The normalized spacial score (nSPS) is 22.9. The van der Waals surface area contributed by atoms with Crippen LogP contribution in [0.5, 0.6) is 0 Å². The highest BCUT2D eigenvalue weighted by Crippen LogP contribution is 2.07. The molecule has 0 aromatic carbocycles. The SMILES string of the molecule is CC(C)CN1CCN(C(C)CO)CC1. The summed E-state index contributed by atoms with van der Waals surface area (Å²) in [7, 11) is 0. The third-order valence-electron chi connectivity index (χ3n) is 2.92. The average Bonchev–Trinajstić information content (AvgIpc) is 2.17. The highest BCUT2D eigenvalue weighted by molar-refractivity contribution is 4.76. The first-order valence-electron chi connectivity index (χ1n) is 5.70. The minimum Gasteiger partial charge on any atom is -0.395 e. The van der Waals surface area contributed by atoms with E-state index >= 15 is 0 Å². The van der Waals surface area contributed by atoms with E-state index in [2.05, 4.69) is 30.6 Å². The van der Waals surface area contributed by atoms with E-state index in [1.165, 1.54) is 6.54 Å². The molecule has 1 aliphatic heterocycles. The van der Waals surface area contributed by atoms with E-state index in [4.69, 9.17) is 5.11 Å². The maximum Gasteiger partial charge on any atom is 0.0584 e. The Bertz CT molecular complexity index is 153. The lowest BCUT2D eigenvalue weighted by Gasteiger charge is -2.38. The van der Waals surface area contributed by atoms with Crippen molar-refractivity contribution in [2.24, 2.45) is 5.92 Å². The van der Waals surface area contributed by atoms with Gasteiger partial charge in [0, 0.05) is 38.8 Å². The quantitative estimate of drug-likeness (QED) is 0.721. The van der Waals surface area contributed by atoms with E-state index in [-0.39, 0.29) is 6.61 Å². The van der Waals surface area contributed by atoms with E-state index in [9.17, 15) is 0 Å². The summed E-state index contributed by atoms with van der Waals surface area (Å²) in [6, 6.07) is 0.330. The van der Waals surface area contributed by atoms with Gasteiger partial charge in [0.2, 0.25) is 0 Å². The zero-order valence-corrected chi connectivity index (χ0v) is 9.74. The molecule has 84 valence electrons. The van der Waals surface area contributed by atoms with Gasteiger partial charge in [0.15, 0.2) is 0 Å². The standard InChI is InChI=1S/C11H24N2O/c1-10(2)8-12-4-6-13(7-5-12)11(3)9-14/h10-11,14H,4-9H2,1-3H3. The van der Waals surface area contributed by atoms with Crippen molar-refractivity contribution in [1.29, 1.82) is 0 Å². The molecule has 0 amide bonds. The predicted octanol–water partition coefficient (Wildman–Crippen LogP) is 0.641. The summed E-state index contributed by atoms with van der Waals surface area (Å²) >= 11 is 0. The zero-order valence-electron chi connectivity index (χ0n) is 9.74. The fourth-order valence-corrected chi connectivity index (χ4v) is 2.02. The first-order valence-corrected chi connectivity index (χ1v) is 5.70. The molecule has 1 atom stereocenters. The van der Waals surface area contributed by atoms with E-state index in [0.717, 1.165) is 32.1 Å². The first kappa shape index (κ1) is 12.0. The third kappa shape index (κ3) is 3.56. The molecule has 14 heavy (non-hydrogen) atoms. The van der Waals surface area contributed by atoms with Crippen molar-refractivity contribution < 1.29 is 5.11 Å². The molecule has 1 unspecified atom stereocenters. The summed E-state index contributed by atoms with van der Waals surface area (Å²) in [5, 5.41) is 9.04. The van der Waals surface area contributed by atoms with Crippen LogP contribution < -0.4 is 0 Å². The Morgan fingerprint density at radius 2 is 1.64 bits per heavy atom. The number of aliphatic hydroxyl groups excluding tert-OH is 1. The van der Waals surface area contributed by atoms with Gasteiger partial charge in [-0.3, -0.25) is 4.90 Å². The molecule has 0 spiro atoms. The Labute approximate surface area is 87.7 Å². The Balaban J connectivity index is 2.24. The predicted molar refractivity (Wildman–Crippen MR) is 59.4 cm³/mol. The fraction of sp³-hybridized carbons (Fsp3) is 1.00. The molecule has 1 saturated heterocycles. The van der Waals surface area contributed by atoms with Gasteiger partial charge < -0.3 is 10.0 Å². The van der Waals surface area contributed by atoms with Crippen LogP contribution in [0.25, 0.3) is 0 Å². The van der Waals surface area contributed by atoms with Gasteiger partial charge >= 0.3 is 0 Å². The molecule has 0 saturated carbocycles. The van der Waals surface area contributed by atoms with Crippen molar-refractivity contribution in [1.82, 2.24) is 9.80 Å². The van der Waals surface area contributed by atoms with Crippen LogP contribution in [-0.4, -0.2) is 60.3 Å². The Morgan fingerprint density at radius 1 is 1.07 bits per heavy atom. The summed E-state index contributed by atoms with van der Waals surface area (Å²) < 4.78 is 0. The highest BCUT2D eigenvalue weighted by atomic mass is 16.3. The number of nitrogens with zero attached hydrogens (tertiary/aromatic N) is 2. The average molecular weight is 200 g/mol. The molecular weight excluding hydrogens is 176 g/mol. The molecule has 3 nitrogen and oxygen atoms in total. The van der Waals surface area contributed by atoms with Crippen molar-refractivity contribution in [2.75, 3.05) is 39.3 Å². The van der Waals surface area contributed by atoms with Crippen molar-refractivity contribution in [2.45, 2.75) is 26.8 Å². The molecule has 1 N–H and O–H groups in total. The summed E-state index contributed by atoms with van der Waals surface area (Å²) in [6.45, 7) is 12.6. The van der Waals surface area contributed by atoms with Crippen molar-refractivity contribution >= 4 is 0 Å². The summed E-state index contributed by atoms with van der Waals surface area (Å²) in [4.78, 5) is 4.89. The van der Waals surface area contributed by atoms with Crippen LogP contribution in [0.3, 0.4) is 0 Å². The minimum atomic E-state index is 0.282. The summed E-state index contributed by atoms with van der Waals surface area (Å²) in [5.74, 6) is 0.761. The topological polar surface area (TPSA) is 26.7 Å². The van der Waals surface area contributed by atoms with Crippen LogP contribution in [-0.2, 0) is 0 Å². The van der Waals surface area contributed by atoms with Gasteiger partial charge in [-0.15, -0.1) is 0 Å². The number of aliphatic hydroxyl groups is 1. The first-order chi connectivity index (χ1) is 6.63. The lowest BCUT2D eigenvalue weighted by molar-refractivity contribution is 0.0685. The molecule has 1 heterocycles.